The van der Waals surface area contributed by atoms with Gasteiger partial charge in [-0.1, -0.05) is 11.6 Å². The highest BCUT2D eigenvalue weighted by molar-refractivity contribution is 6.30. The van der Waals surface area contributed by atoms with E-state index in [4.69, 9.17) is 16.3 Å². The molecule has 0 aliphatic carbocycles. The number of rotatable bonds is 2. The number of hydrogen-bond acceptors (Lipinski definition) is 3. The van der Waals surface area contributed by atoms with E-state index < -0.39 is 29.7 Å². The van der Waals surface area contributed by atoms with Crippen molar-refractivity contribution in [3.8, 4) is 0 Å². The minimum absolute atomic E-state index is 0.221. The number of likely N-dealkylation sites (tertiary alicyclic amines) is 1. The van der Waals surface area contributed by atoms with Gasteiger partial charge >= 0.3 is 6.09 Å². The molecule has 1 aromatic rings. The number of carbonyl (C=O) groups excluding carboxylic acids is 1. The first-order chi connectivity index (χ1) is 10.7. The number of nitrogens with zero attached hydrogens (tertiary/aromatic N) is 1. The van der Waals surface area contributed by atoms with E-state index in [0.717, 1.165) is 12.8 Å². The molecule has 0 radical (unpaired) electrons. The van der Waals surface area contributed by atoms with Crippen LogP contribution in [0.2, 0.25) is 5.02 Å². The van der Waals surface area contributed by atoms with E-state index in [1.165, 1.54) is 23.1 Å². The maximum absolute atomic E-state index is 13.5. The minimum Gasteiger partial charge on any atom is -0.444 e. The predicted octanol–water partition coefficient (Wildman–Crippen LogP) is 4.30. The molecule has 0 aromatic heterocycles. The Kier molecular flexibility index (Phi) is 5.53. The zero-order valence-corrected chi connectivity index (χ0v) is 14.4. The SMILES string of the molecule is CC(C)(C)OC(=O)N1CCCC[C@@H]1[C@H](O)c1cc(F)cc(Cl)c1. The lowest BCUT2D eigenvalue weighted by Gasteiger charge is -2.39. The Bertz CT molecular complexity index is 553. The van der Waals surface area contributed by atoms with E-state index in [1.807, 2.05) is 0 Å². The predicted molar refractivity (Wildman–Crippen MR) is 86.9 cm³/mol. The van der Waals surface area contributed by atoms with Gasteiger partial charge in [0.1, 0.15) is 11.4 Å². The third kappa shape index (κ3) is 4.82. The van der Waals surface area contributed by atoms with Crippen molar-refractivity contribution in [1.29, 1.82) is 0 Å². The lowest BCUT2D eigenvalue weighted by atomic mass is 9.93. The van der Waals surface area contributed by atoms with E-state index >= 15 is 0 Å². The molecule has 2 rings (SSSR count). The Balaban J connectivity index is 2.21. The Labute approximate surface area is 141 Å². The minimum atomic E-state index is -1.00. The van der Waals surface area contributed by atoms with E-state index in [9.17, 15) is 14.3 Å². The third-order valence-electron chi connectivity index (χ3n) is 3.77. The lowest BCUT2D eigenvalue weighted by Crippen LogP contribution is -2.48. The van der Waals surface area contributed by atoms with Crippen molar-refractivity contribution in [2.75, 3.05) is 6.54 Å². The number of aliphatic hydroxyl groups excluding tert-OH is 1. The summed E-state index contributed by atoms with van der Waals surface area (Å²) in [5.74, 6) is -0.508. The molecule has 0 saturated carbocycles. The Morgan fingerprint density at radius 1 is 1.39 bits per heavy atom. The molecule has 1 heterocycles. The average Bonchev–Trinajstić information content (AvgIpc) is 2.43. The molecular weight excluding hydrogens is 321 g/mol. The summed E-state index contributed by atoms with van der Waals surface area (Å²) in [7, 11) is 0. The molecule has 6 heteroatoms. The molecule has 23 heavy (non-hydrogen) atoms. The van der Waals surface area contributed by atoms with Crippen LogP contribution in [0.1, 0.15) is 51.7 Å². The molecule has 1 fully saturated rings. The van der Waals surface area contributed by atoms with Crippen LogP contribution in [0.25, 0.3) is 0 Å². The summed E-state index contributed by atoms with van der Waals surface area (Å²) in [4.78, 5) is 13.9. The molecule has 0 spiro atoms. The Hall–Kier alpha value is -1.33. The smallest absolute Gasteiger partial charge is 0.410 e. The number of halogens is 2. The van der Waals surface area contributed by atoms with Crippen molar-refractivity contribution in [1.82, 2.24) is 4.90 Å². The average molecular weight is 344 g/mol. The van der Waals surface area contributed by atoms with Crippen molar-refractivity contribution in [2.24, 2.45) is 0 Å². The van der Waals surface area contributed by atoms with Crippen molar-refractivity contribution in [2.45, 2.75) is 57.8 Å². The number of hydrogen-bond donors (Lipinski definition) is 1. The maximum Gasteiger partial charge on any atom is 0.410 e. The highest BCUT2D eigenvalue weighted by Gasteiger charge is 2.35. The molecule has 128 valence electrons. The van der Waals surface area contributed by atoms with Crippen LogP contribution < -0.4 is 0 Å². The maximum atomic E-state index is 13.5. The Morgan fingerprint density at radius 2 is 2.09 bits per heavy atom. The molecular formula is C17H23ClFNO3. The highest BCUT2D eigenvalue weighted by Crippen LogP contribution is 2.31. The van der Waals surface area contributed by atoms with Gasteiger partial charge in [0.2, 0.25) is 0 Å². The fraction of sp³-hybridized carbons (Fsp3) is 0.588. The van der Waals surface area contributed by atoms with Crippen molar-refractivity contribution >= 4 is 17.7 Å². The van der Waals surface area contributed by atoms with Crippen LogP contribution in [0.5, 0.6) is 0 Å². The molecule has 0 bridgehead atoms. The van der Waals surface area contributed by atoms with Crippen LogP contribution in [-0.4, -0.2) is 34.3 Å². The monoisotopic (exact) mass is 343 g/mol. The highest BCUT2D eigenvalue weighted by atomic mass is 35.5. The van der Waals surface area contributed by atoms with Crippen LogP contribution in [0.15, 0.2) is 18.2 Å². The van der Waals surface area contributed by atoms with Gasteiger partial charge in [-0.05, 0) is 63.8 Å². The van der Waals surface area contributed by atoms with Crippen LogP contribution >= 0.6 is 11.6 Å². The number of ether oxygens (including phenoxy) is 1. The first-order valence-corrected chi connectivity index (χ1v) is 8.19. The van der Waals surface area contributed by atoms with Crippen molar-refractivity contribution in [3.63, 3.8) is 0 Å². The van der Waals surface area contributed by atoms with Crippen LogP contribution in [0, 0.1) is 5.82 Å². The second kappa shape index (κ2) is 7.05. The number of benzene rings is 1. The van der Waals surface area contributed by atoms with Crippen molar-refractivity contribution < 1.29 is 19.0 Å². The summed E-state index contributed by atoms with van der Waals surface area (Å²) >= 11 is 5.86. The van der Waals surface area contributed by atoms with E-state index in [2.05, 4.69) is 0 Å². The van der Waals surface area contributed by atoms with Gasteiger partial charge in [-0.15, -0.1) is 0 Å². The van der Waals surface area contributed by atoms with Gasteiger partial charge in [-0.3, -0.25) is 0 Å². The number of piperidine rings is 1. The molecule has 1 amide bonds. The normalized spacial score (nSPS) is 20.3. The second-order valence-electron chi connectivity index (χ2n) is 6.88. The third-order valence-corrected chi connectivity index (χ3v) is 3.99. The topological polar surface area (TPSA) is 49.8 Å². The zero-order chi connectivity index (χ0) is 17.2. The molecule has 1 saturated heterocycles. The van der Waals surface area contributed by atoms with Gasteiger partial charge in [0.05, 0.1) is 12.1 Å². The van der Waals surface area contributed by atoms with Gasteiger partial charge in [0.15, 0.2) is 0 Å². The number of aliphatic hydroxyl groups is 1. The first kappa shape index (κ1) is 18.0. The molecule has 2 atom stereocenters. The number of carbonyl (C=O) groups is 1. The van der Waals surface area contributed by atoms with Gasteiger partial charge in [0.25, 0.3) is 0 Å². The summed E-state index contributed by atoms with van der Waals surface area (Å²) in [5.41, 5.74) is -0.234. The molecule has 1 N–H and O–H groups in total. The Morgan fingerprint density at radius 3 is 2.70 bits per heavy atom. The van der Waals surface area contributed by atoms with E-state index in [0.29, 0.717) is 18.5 Å². The van der Waals surface area contributed by atoms with E-state index in [-0.39, 0.29) is 5.02 Å². The molecule has 0 unspecified atom stereocenters. The van der Waals surface area contributed by atoms with Crippen LogP contribution in [0.3, 0.4) is 0 Å². The van der Waals surface area contributed by atoms with Crippen LogP contribution in [0.4, 0.5) is 9.18 Å². The van der Waals surface area contributed by atoms with Crippen LogP contribution in [-0.2, 0) is 4.74 Å². The summed E-state index contributed by atoms with van der Waals surface area (Å²) < 4.78 is 18.9. The molecule has 1 aliphatic heterocycles. The molecule has 4 nitrogen and oxygen atoms in total. The molecule has 1 aliphatic rings. The van der Waals surface area contributed by atoms with Gasteiger partial charge in [-0.2, -0.15) is 0 Å². The van der Waals surface area contributed by atoms with E-state index in [1.54, 1.807) is 20.8 Å². The summed E-state index contributed by atoms with van der Waals surface area (Å²) in [6, 6.07) is 3.51. The summed E-state index contributed by atoms with van der Waals surface area (Å²) in [6.45, 7) is 5.91. The number of amides is 1. The van der Waals surface area contributed by atoms with Gasteiger partial charge < -0.3 is 14.7 Å². The summed E-state index contributed by atoms with van der Waals surface area (Å²) in [5, 5.41) is 10.9. The lowest BCUT2D eigenvalue weighted by molar-refractivity contribution is -0.0169. The van der Waals surface area contributed by atoms with Gasteiger partial charge in [0, 0.05) is 11.6 Å². The standard InChI is InChI=1S/C17H23ClFNO3/c1-17(2,3)23-16(22)20-7-5-4-6-14(20)15(21)11-8-12(18)10-13(19)9-11/h8-10,14-15,21H,4-7H2,1-3H3/t14-,15-/m1/s1. The largest absolute Gasteiger partial charge is 0.444 e. The summed E-state index contributed by atoms with van der Waals surface area (Å²) in [6.07, 6.45) is 0.921. The molecule has 1 aromatic carbocycles. The quantitative estimate of drug-likeness (QED) is 0.870. The zero-order valence-electron chi connectivity index (χ0n) is 13.7. The fourth-order valence-corrected chi connectivity index (χ4v) is 3.03. The van der Waals surface area contributed by atoms with Crippen molar-refractivity contribution in [3.05, 3.63) is 34.6 Å². The van der Waals surface area contributed by atoms with Gasteiger partial charge in [-0.25, -0.2) is 9.18 Å². The first-order valence-electron chi connectivity index (χ1n) is 7.81. The second-order valence-corrected chi connectivity index (χ2v) is 7.32. The fourth-order valence-electron chi connectivity index (χ4n) is 2.80.